The Morgan fingerprint density at radius 1 is 1.30 bits per heavy atom. The number of aromatic amines is 1. The first-order valence-corrected chi connectivity index (χ1v) is 6.52. The van der Waals surface area contributed by atoms with Crippen LogP contribution < -0.4 is 5.56 Å². The highest BCUT2D eigenvalue weighted by Gasteiger charge is 2.17. The second-order valence-corrected chi connectivity index (χ2v) is 4.85. The summed E-state index contributed by atoms with van der Waals surface area (Å²) >= 11 is 1.27. The first-order valence-electron chi connectivity index (χ1n) is 5.64. The van der Waals surface area contributed by atoms with Crippen molar-refractivity contribution in [2.45, 2.75) is 0 Å². The van der Waals surface area contributed by atoms with E-state index in [2.05, 4.69) is 15.0 Å². The van der Waals surface area contributed by atoms with Gasteiger partial charge < -0.3 is 10.1 Å². The summed E-state index contributed by atoms with van der Waals surface area (Å²) in [5.74, 6) is -0.905. The Kier molecular flexibility index (Phi) is 3.03. The maximum Gasteiger partial charge on any atom is 0.263 e. The molecule has 0 fully saturated rings. The molecule has 7 heteroatoms. The van der Waals surface area contributed by atoms with Gasteiger partial charge in [-0.2, -0.15) is 4.98 Å². The largest absolute Gasteiger partial charge is 0.493 e. The Balaban J connectivity index is 2.20. The normalized spacial score (nSPS) is 10.7. The Morgan fingerprint density at radius 2 is 2.10 bits per heavy atom. The molecule has 0 amide bonds. The van der Waals surface area contributed by atoms with Crippen LogP contribution in [-0.2, 0) is 0 Å². The summed E-state index contributed by atoms with van der Waals surface area (Å²) in [4.78, 5) is 23.0. The summed E-state index contributed by atoms with van der Waals surface area (Å²) in [5.41, 5.74) is 0.800. The summed E-state index contributed by atoms with van der Waals surface area (Å²) in [6, 6.07) is 5.70. The number of aromatic nitrogens is 3. The summed E-state index contributed by atoms with van der Waals surface area (Å²) in [6.45, 7) is 0. The first kappa shape index (κ1) is 12.5. The molecule has 0 saturated carbocycles. The monoisotopic (exact) mass is 289 g/mol. The second kappa shape index (κ2) is 4.86. The number of benzene rings is 1. The minimum atomic E-state index is -0.606. The lowest BCUT2D eigenvalue weighted by atomic mass is 10.1. The van der Waals surface area contributed by atoms with E-state index < -0.39 is 17.3 Å². The van der Waals surface area contributed by atoms with Crippen molar-refractivity contribution in [3.05, 3.63) is 52.1 Å². The third kappa shape index (κ3) is 2.08. The maximum absolute atomic E-state index is 13.7. The molecule has 2 heterocycles. The van der Waals surface area contributed by atoms with Crippen molar-refractivity contribution in [3.8, 4) is 27.7 Å². The van der Waals surface area contributed by atoms with Gasteiger partial charge in [0.25, 0.3) is 5.56 Å². The van der Waals surface area contributed by atoms with E-state index in [0.717, 1.165) is 0 Å². The van der Waals surface area contributed by atoms with Crippen LogP contribution in [0.4, 0.5) is 4.39 Å². The van der Waals surface area contributed by atoms with Crippen molar-refractivity contribution in [3.63, 3.8) is 0 Å². The van der Waals surface area contributed by atoms with Crippen molar-refractivity contribution < 1.29 is 9.50 Å². The standard InChI is InChI=1S/C13H8FN3O2S/c14-8-4-2-1-3-7(8)10-12(18)16-11(17-13(10)19)9-5-15-6-20-9/h1-6H,(H2,16,17,18,19). The SMILES string of the molecule is O=c1[nH]c(-c2cncs2)nc(O)c1-c1ccccc1F. The van der Waals surface area contributed by atoms with E-state index in [-0.39, 0.29) is 17.0 Å². The third-order valence-electron chi connectivity index (χ3n) is 2.71. The van der Waals surface area contributed by atoms with Gasteiger partial charge in [-0.1, -0.05) is 18.2 Å². The molecule has 1 aromatic carbocycles. The Morgan fingerprint density at radius 3 is 2.75 bits per heavy atom. The molecule has 0 aliphatic carbocycles. The summed E-state index contributed by atoms with van der Waals surface area (Å²) < 4.78 is 13.7. The van der Waals surface area contributed by atoms with E-state index in [0.29, 0.717) is 4.88 Å². The predicted octanol–water partition coefficient (Wildman–Crippen LogP) is 2.41. The topological polar surface area (TPSA) is 78.9 Å². The van der Waals surface area contributed by atoms with Gasteiger partial charge in [0.1, 0.15) is 11.4 Å². The molecule has 5 nitrogen and oxygen atoms in total. The van der Waals surface area contributed by atoms with Gasteiger partial charge in [0.2, 0.25) is 5.88 Å². The molecule has 0 bridgehead atoms. The van der Waals surface area contributed by atoms with Crippen LogP contribution >= 0.6 is 11.3 Å². The summed E-state index contributed by atoms with van der Waals surface area (Å²) in [6.07, 6.45) is 1.52. The highest BCUT2D eigenvalue weighted by Crippen LogP contribution is 2.28. The minimum absolute atomic E-state index is 0.00889. The van der Waals surface area contributed by atoms with Gasteiger partial charge in [0.15, 0.2) is 5.82 Å². The molecule has 0 aliphatic rings. The van der Waals surface area contributed by atoms with Crippen LogP contribution in [0.2, 0.25) is 0 Å². The van der Waals surface area contributed by atoms with E-state index in [4.69, 9.17) is 0 Å². The fourth-order valence-electron chi connectivity index (χ4n) is 1.82. The summed E-state index contributed by atoms with van der Waals surface area (Å²) in [7, 11) is 0. The zero-order valence-corrected chi connectivity index (χ0v) is 10.8. The van der Waals surface area contributed by atoms with Crippen LogP contribution in [0.3, 0.4) is 0 Å². The van der Waals surface area contributed by atoms with Crippen LogP contribution in [0, 0.1) is 5.82 Å². The lowest BCUT2D eigenvalue weighted by Crippen LogP contribution is -2.12. The average Bonchev–Trinajstić information content (AvgIpc) is 2.94. The van der Waals surface area contributed by atoms with Gasteiger partial charge in [0, 0.05) is 11.8 Å². The van der Waals surface area contributed by atoms with E-state index in [1.807, 2.05) is 0 Å². The fourth-order valence-corrected chi connectivity index (χ4v) is 2.38. The first-order chi connectivity index (χ1) is 9.66. The van der Waals surface area contributed by atoms with Crippen molar-refractivity contribution in [1.82, 2.24) is 15.0 Å². The molecule has 2 N–H and O–H groups in total. The van der Waals surface area contributed by atoms with Crippen LogP contribution in [0.25, 0.3) is 21.8 Å². The van der Waals surface area contributed by atoms with Crippen molar-refractivity contribution in [1.29, 1.82) is 0 Å². The molecular formula is C13H8FN3O2S. The van der Waals surface area contributed by atoms with E-state index >= 15 is 0 Å². The smallest absolute Gasteiger partial charge is 0.263 e. The molecule has 0 radical (unpaired) electrons. The quantitative estimate of drug-likeness (QED) is 0.759. The number of thiazole rings is 1. The molecular weight excluding hydrogens is 281 g/mol. The van der Waals surface area contributed by atoms with Gasteiger partial charge in [-0.15, -0.1) is 11.3 Å². The number of H-pyrrole nitrogens is 1. The van der Waals surface area contributed by atoms with Crippen molar-refractivity contribution in [2.75, 3.05) is 0 Å². The van der Waals surface area contributed by atoms with Crippen LogP contribution in [-0.4, -0.2) is 20.1 Å². The van der Waals surface area contributed by atoms with Crippen molar-refractivity contribution in [2.24, 2.45) is 0 Å². The number of aromatic hydroxyl groups is 1. The van der Waals surface area contributed by atoms with E-state index in [1.54, 1.807) is 11.6 Å². The van der Waals surface area contributed by atoms with Gasteiger partial charge >= 0.3 is 0 Å². The average molecular weight is 289 g/mol. The predicted molar refractivity (Wildman–Crippen MR) is 73.0 cm³/mol. The minimum Gasteiger partial charge on any atom is -0.493 e. The molecule has 0 unspecified atom stereocenters. The molecule has 3 aromatic rings. The second-order valence-electron chi connectivity index (χ2n) is 3.96. The highest BCUT2D eigenvalue weighted by molar-refractivity contribution is 7.13. The maximum atomic E-state index is 13.7. The number of hydrogen-bond acceptors (Lipinski definition) is 5. The van der Waals surface area contributed by atoms with E-state index in [9.17, 15) is 14.3 Å². The zero-order chi connectivity index (χ0) is 14.1. The lowest BCUT2D eigenvalue weighted by molar-refractivity contribution is 0.453. The number of hydrogen-bond donors (Lipinski definition) is 2. The van der Waals surface area contributed by atoms with Gasteiger partial charge in [-0.25, -0.2) is 4.39 Å². The number of nitrogens with one attached hydrogen (secondary N) is 1. The molecule has 0 spiro atoms. The Bertz CT molecular complexity index is 815. The Hall–Kier alpha value is -2.54. The molecule has 0 atom stereocenters. The molecule has 3 rings (SSSR count). The molecule has 20 heavy (non-hydrogen) atoms. The molecule has 100 valence electrons. The van der Waals surface area contributed by atoms with Crippen LogP contribution in [0.5, 0.6) is 5.88 Å². The van der Waals surface area contributed by atoms with Gasteiger partial charge in [-0.05, 0) is 6.07 Å². The summed E-state index contributed by atoms with van der Waals surface area (Å²) in [5, 5.41) is 9.94. The fraction of sp³-hybridized carbons (Fsp3) is 0. The highest BCUT2D eigenvalue weighted by atomic mass is 32.1. The lowest BCUT2D eigenvalue weighted by Gasteiger charge is -2.05. The zero-order valence-electron chi connectivity index (χ0n) is 10.0. The third-order valence-corrected chi connectivity index (χ3v) is 3.49. The van der Waals surface area contributed by atoms with Gasteiger partial charge in [0.05, 0.1) is 10.4 Å². The number of nitrogens with zero attached hydrogens (tertiary/aromatic N) is 2. The Labute approximate surface area is 116 Å². The molecule has 0 saturated heterocycles. The molecule has 2 aromatic heterocycles. The van der Waals surface area contributed by atoms with E-state index in [1.165, 1.54) is 35.7 Å². The molecule has 0 aliphatic heterocycles. The number of halogens is 1. The number of rotatable bonds is 2. The van der Waals surface area contributed by atoms with Gasteiger partial charge in [-0.3, -0.25) is 9.78 Å². The van der Waals surface area contributed by atoms with Crippen molar-refractivity contribution >= 4 is 11.3 Å². The van der Waals surface area contributed by atoms with Crippen LogP contribution in [0.15, 0.2) is 40.8 Å². The van der Waals surface area contributed by atoms with Crippen LogP contribution in [0.1, 0.15) is 0 Å².